The Bertz CT molecular complexity index is 267. The fourth-order valence-electron chi connectivity index (χ4n) is 1.98. The zero-order valence-corrected chi connectivity index (χ0v) is 9.84. The van der Waals surface area contributed by atoms with Gasteiger partial charge in [-0.1, -0.05) is 0 Å². The molecule has 0 aromatic heterocycles. The fourth-order valence-corrected chi connectivity index (χ4v) is 1.98. The molecular weight excluding hydrogens is 202 g/mol. The maximum Gasteiger partial charge on any atom is 0.318 e. The lowest BCUT2D eigenvalue weighted by Gasteiger charge is -2.50. The van der Waals surface area contributed by atoms with Crippen LogP contribution in [0.15, 0.2) is 11.8 Å². The number of hydrogen-bond donors (Lipinski definition) is 0. The molecule has 3 nitrogen and oxygen atoms in total. The van der Waals surface area contributed by atoms with Crippen molar-refractivity contribution in [2.24, 2.45) is 0 Å². The molecule has 0 aromatic rings. The Hall–Kier alpha value is -0.680. The van der Waals surface area contributed by atoms with Crippen molar-refractivity contribution in [2.75, 3.05) is 28.2 Å². The minimum atomic E-state index is -2.93. The summed E-state index contributed by atoms with van der Waals surface area (Å²) < 4.78 is 33.3. The molecule has 0 fully saturated rings. The van der Waals surface area contributed by atoms with Gasteiger partial charge in [-0.3, -0.25) is 9.80 Å². The van der Waals surface area contributed by atoms with E-state index in [0.717, 1.165) is 0 Å². The molecule has 0 N–H and O–H groups in total. The monoisotopic (exact) mass is 220 g/mol. The molecular formula is C10H18F2N2O. The maximum absolute atomic E-state index is 13.9. The van der Waals surface area contributed by atoms with Gasteiger partial charge in [-0.05, 0) is 41.2 Å². The maximum atomic E-state index is 13.9. The molecule has 0 amide bonds. The Balaban J connectivity index is 3.20. The second-order valence-corrected chi connectivity index (χ2v) is 4.22. The minimum Gasteiger partial charge on any atom is -0.458 e. The van der Waals surface area contributed by atoms with Crippen LogP contribution in [0.5, 0.6) is 0 Å². The van der Waals surface area contributed by atoms with E-state index >= 15 is 0 Å². The van der Waals surface area contributed by atoms with Crippen molar-refractivity contribution in [1.82, 2.24) is 9.80 Å². The molecule has 0 atom stereocenters. The third-order valence-electron chi connectivity index (χ3n) is 2.64. The Labute approximate surface area is 89.3 Å². The highest BCUT2D eigenvalue weighted by Gasteiger charge is 2.61. The third-order valence-corrected chi connectivity index (χ3v) is 2.64. The summed E-state index contributed by atoms with van der Waals surface area (Å²) >= 11 is 0. The summed E-state index contributed by atoms with van der Waals surface area (Å²) in [6, 6.07) is 0. The first-order valence-corrected chi connectivity index (χ1v) is 4.82. The predicted molar refractivity (Wildman–Crippen MR) is 54.5 cm³/mol. The number of nitrogens with zero attached hydrogens (tertiary/aromatic N) is 2. The van der Waals surface area contributed by atoms with E-state index in [9.17, 15) is 8.78 Å². The molecule has 88 valence electrons. The fraction of sp³-hybridized carbons (Fsp3) is 0.800. The molecule has 1 aliphatic heterocycles. The lowest BCUT2D eigenvalue weighted by Crippen LogP contribution is -2.68. The molecule has 0 saturated heterocycles. The van der Waals surface area contributed by atoms with Crippen molar-refractivity contribution >= 4 is 0 Å². The van der Waals surface area contributed by atoms with E-state index in [4.69, 9.17) is 4.74 Å². The number of halogens is 2. The van der Waals surface area contributed by atoms with Crippen molar-refractivity contribution in [3.63, 3.8) is 0 Å². The van der Waals surface area contributed by atoms with Crippen LogP contribution in [0.4, 0.5) is 8.78 Å². The summed E-state index contributed by atoms with van der Waals surface area (Å²) in [5.74, 6) is -4.09. The summed E-state index contributed by atoms with van der Waals surface area (Å²) in [6.45, 7) is 1.69. The van der Waals surface area contributed by atoms with Gasteiger partial charge < -0.3 is 4.74 Å². The van der Waals surface area contributed by atoms with Crippen LogP contribution in [0, 0.1) is 0 Å². The number of ether oxygens (including phenoxy) is 1. The van der Waals surface area contributed by atoms with E-state index in [1.165, 1.54) is 15.9 Å². The molecule has 1 rings (SSSR count). The van der Waals surface area contributed by atoms with Gasteiger partial charge in [0.25, 0.3) is 5.85 Å². The zero-order valence-electron chi connectivity index (χ0n) is 9.84. The van der Waals surface area contributed by atoms with E-state index < -0.39 is 11.8 Å². The molecule has 0 saturated carbocycles. The normalized spacial score (nSPS) is 23.9. The number of alkyl halides is 2. The number of hydrogen-bond acceptors (Lipinski definition) is 3. The van der Waals surface area contributed by atoms with Crippen LogP contribution in [0.2, 0.25) is 0 Å². The highest BCUT2D eigenvalue weighted by atomic mass is 19.3. The predicted octanol–water partition coefficient (Wildman–Crippen LogP) is 1.72. The molecule has 0 spiro atoms. The lowest BCUT2D eigenvalue weighted by atomic mass is 10.0. The summed E-state index contributed by atoms with van der Waals surface area (Å²) in [5, 5.41) is 0. The Kier molecular flexibility index (Phi) is 3.07. The van der Waals surface area contributed by atoms with E-state index in [1.54, 1.807) is 35.1 Å². The van der Waals surface area contributed by atoms with Gasteiger partial charge in [-0.15, -0.1) is 0 Å². The largest absolute Gasteiger partial charge is 0.458 e. The number of allylic oxidation sites excluding steroid dienone is 2. The zero-order chi connectivity index (χ0) is 11.9. The summed E-state index contributed by atoms with van der Waals surface area (Å²) in [6.07, 6.45) is 1.13. The molecule has 0 unspecified atom stereocenters. The minimum absolute atomic E-state index is 0.296. The van der Waals surface area contributed by atoms with Crippen LogP contribution in [0.25, 0.3) is 0 Å². The van der Waals surface area contributed by atoms with Crippen molar-refractivity contribution in [2.45, 2.75) is 25.1 Å². The van der Waals surface area contributed by atoms with Gasteiger partial charge in [0, 0.05) is 6.42 Å². The van der Waals surface area contributed by atoms with Gasteiger partial charge in [-0.25, -0.2) is 0 Å². The topological polar surface area (TPSA) is 15.7 Å². The van der Waals surface area contributed by atoms with Crippen LogP contribution in [0.1, 0.15) is 13.3 Å². The van der Waals surface area contributed by atoms with Gasteiger partial charge in [0.2, 0.25) is 0 Å². The molecule has 0 radical (unpaired) electrons. The molecule has 0 aromatic carbocycles. The summed E-state index contributed by atoms with van der Waals surface area (Å²) in [4.78, 5) is 2.81. The van der Waals surface area contributed by atoms with Gasteiger partial charge in [0.1, 0.15) is 0 Å². The molecule has 15 heavy (non-hydrogen) atoms. The Morgan fingerprint density at radius 3 is 2.00 bits per heavy atom. The summed E-state index contributed by atoms with van der Waals surface area (Å²) in [5.41, 5.74) is 0. The van der Waals surface area contributed by atoms with E-state index in [2.05, 4.69) is 0 Å². The van der Waals surface area contributed by atoms with Gasteiger partial charge in [-0.2, -0.15) is 8.78 Å². The first kappa shape index (κ1) is 12.4. The van der Waals surface area contributed by atoms with Crippen molar-refractivity contribution in [3.05, 3.63) is 11.8 Å². The van der Waals surface area contributed by atoms with E-state index in [0.29, 0.717) is 5.76 Å². The first-order chi connectivity index (χ1) is 6.74. The van der Waals surface area contributed by atoms with Crippen LogP contribution in [-0.4, -0.2) is 49.8 Å². The second kappa shape index (κ2) is 3.72. The lowest BCUT2D eigenvalue weighted by molar-refractivity contribution is -0.320. The molecule has 1 aliphatic rings. The third kappa shape index (κ3) is 1.74. The number of rotatable bonds is 2. The SMILES string of the molecule is CC1=CCC(F)(F)C(N(C)C)(N(C)C)O1. The van der Waals surface area contributed by atoms with Crippen LogP contribution >= 0.6 is 0 Å². The van der Waals surface area contributed by atoms with Crippen molar-refractivity contribution in [3.8, 4) is 0 Å². The highest BCUT2D eigenvalue weighted by Crippen LogP contribution is 2.43. The smallest absolute Gasteiger partial charge is 0.318 e. The molecule has 0 bridgehead atoms. The second-order valence-electron chi connectivity index (χ2n) is 4.22. The van der Waals surface area contributed by atoms with Gasteiger partial charge >= 0.3 is 5.92 Å². The Morgan fingerprint density at radius 1 is 1.20 bits per heavy atom. The average Bonchev–Trinajstić information content (AvgIpc) is 2.08. The Morgan fingerprint density at radius 2 is 1.67 bits per heavy atom. The average molecular weight is 220 g/mol. The van der Waals surface area contributed by atoms with Crippen LogP contribution < -0.4 is 0 Å². The molecule has 1 heterocycles. The standard InChI is InChI=1S/C10H18F2N2O/c1-8-6-7-9(11,12)10(15-8,13(2)3)14(4)5/h6H,7H2,1-5H3. The van der Waals surface area contributed by atoms with E-state index in [-0.39, 0.29) is 6.42 Å². The van der Waals surface area contributed by atoms with Crippen LogP contribution in [0.3, 0.4) is 0 Å². The quantitative estimate of drug-likeness (QED) is 0.659. The van der Waals surface area contributed by atoms with Crippen molar-refractivity contribution < 1.29 is 13.5 Å². The first-order valence-electron chi connectivity index (χ1n) is 4.82. The molecule has 5 heteroatoms. The van der Waals surface area contributed by atoms with Crippen molar-refractivity contribution in [1.29, 1.82) is 0 Å². The van der Waals surface area contributed by atoms with Gasteiger partial charge in [0.15, 0.2) is 0 Å². The van der Waals surface area contributed by atoms with Gasteiger partial charge in [0.05, 0.1) is 5.76 Å². The van der Waals surface area contributed by atoms with Crippen LogP contribution in [-0.2, 0) is 4.74 Å². The van der Waals surface area contributed by atoms with E-state index in [1.807, 2.05) is 0 Å². The molecule has 0 aliphatic carbocycles. The highest BCUT2D eigenvalue weighted by molar-refractivity contribution is 5.06. The summed E-state index contributed by atoms with van der Waals surface area (Å²) in [7, 11) is 6.36.